The average molecular weight is 296 g/mol. The van der Waals surface area contributed by atoms with Crippen molar-refractivity contribution in [3.63, 3.8) is 0 Å². The first-order valence-electron chi connectivity index (χ1n) is 6.93. The Morgan fingerprint density at radius 3 is 2.48 bits per heavy atom. The summed E-state index contributed by atoms with van der Waals surface area (Å²) in [6.07, 6.45) is 2.01. The van der Waals surface area contributed by atoms with Gasteiger partial charge in [-0.05, 0) is 24.1 Å². The first-order chi connectivity index (χ1) is 9.93. The highest BCUT2D eigenvalue weighted by Crippen LogP contribution is 2.07. The normalized spacial score (nSPS) is 11.8. The second-order valence-corrected chi connectivity index (χ2v) is 4.97. The fourth-order valence-electron chi connectivity index (χ4n) is 1.86. The number of hydrogen-bond donors (Lipinski definition) is 2. The van der Waals surface area contributed by atoms with Crippen LogP contribution in [0.15, 0.2) is 24.3 Å². The van der Waals surface area contributed by atoms with Crippen molar-refractivity contribution in [1.82, 2.24) is 10.2 Å². The zero-order chi connectivity index (χ0) is 15.8. The lowest BCUT2D eigenvalue weighted by molar-refractivity contribution is -0.139. The van der Waals surface area contributed by atoms with Gasteiger partial charge >= 0.3 is 12.0 Å². The summed E-state index contributed by atoms with van der Waals surface area (Å²) < 4.78 is 12.8. The first-order valence-corrected chi connectivity index (χ1v) is 6.93. The van der Waals surface area contributed by atoms with E-state index in [1.807, 2.05) is 6.92 Å². The van der Waals surface area contributed by atoms with E-state index in [1.165, 1.54) is 17.0 Å². The molecular formula is C15H21FN2O3. The van der Waals surface area contributed by atoms with Crippen LogP contribution in [0.1, 0.15) is 31.7 Å². The molecule has 1 rings (SSSR count). The lowest BCUT2D eigenvalue weighted by Crippen LogP contribution is -2.46. The van der Waals surface area contributed by atoms with Crippen LogP contribution in [-0.4, -0.2) is 35.1 Å². The van der Waals surface area contributed by atoms with Gasteiger partial charge < -0.3 is 15.3 Å². The third-order valence-corrected chi connectivity index (χ3v) is 3.12. The molecule has 0 heterocycles. The van der Waals surface area contributed by atoms with Gasteiger partial charge in [0, 0.05) is 13.6 Å². The van der Waals surface area contributed by atoms with E-state index >= 15 is 0 Å². The van der Waals surface area contributed by atoms with Crippen LogP contribution >= 0.6 is 0 Å². The summed E-state index contributed by atoms with van der Waals surface area (Å²) in [5.74, 6) is -1.37. The molecule has 1 aromatic carbocycles. The van der Waals surface area contributed by atoms with E-state index in [0.29, 0.717) is 6.42 Å². The highest BCUT2D eigenvalue weighted by atomic mass is 19.1. The van der Waals surface area contributed by atoms with Crippen LogP contribution in [0.25, 0.3) is 0 Å². The molecule has 0 aliphatic rings. The third-order valence-electron chi connectivity index (χ3n) is 3.12. The van der Waals surface area contributed by atoms with Gasteiger partial charge in [-0.3, -0.25) is 0 Å². The van der Waals surface area contributed by atoms with Gasteiger partial charge in [0.2, 0.25) is 0 Å². The molecule has 0 saturated heterocycles. The fraction of sp³-hybridized carbons (Fsp3) is 0.467. The van der Waals surface area contributed by atoms with E-state index in [2.05, 4.69) is 5.32 Å². The molecule has 6 heteroatoms. The lowest BCUT2D eigenvalue weighted by atomic mass is 10.1. The number of unbranched alkanes of at least 4 members (excludes halogenated alkanes) is 1. The first kappa shape index (κ1) is 16.9. The molecule has 0 aliphatic carbocycles. The molecule has 0 spiro atoms. The van der Waals surface area contributed by atoms with Crippen molar-refractivity contribution in [3.8, 4) is 0 Å². The topological polar surface area (TPSA) is 69.6 Å². The number of nitrogens with one attached hydrogen (secondary N) is 1. The van der Waals surface area contributed by atoms with Crippen molar-refractivity contribution in [2.75, 3.05) is 7.05 Å². The molecule has 0 aromatic heterocycles. The summed E-state index contributed by atoms with van der Waals surface area (Å²) in [5.41, 5.74) is 0.773. The standard InChI is InChI=1S/C15H21FN2O3/c1-3-4-5-13(14(19)20)17-15(21)18(2)10-11-6-8-12(16)9-7-11/h6-9,13H,3-5,10H2,1-2H3,(H,17,21)(H,19,20)/t13-/m0/s1. The van der Waals surface area contributed by atoms with Crippen LogP contribution in [-0.2, 0) is 11.3 Å². The molecule has 0 saturated carbocycles. The Kier molecular flexibility index (Phi) is 6.65. The Balaban J connectivity index is 2.56. The fourth-order valence-corrected chi connectivity index (χ4v) is 1.86. The summed E-state index contributed by atoms with van der Waals surface area (Å²) in [6, 6.07) is 4.48. The summed E-state index contributed by atoms with van der Waals surface area (Å²) in [7, 11) is 1.57. The van der Waals surface area contributed by atoms with Crippen molar-refractivity contribution < 1.29 is 19.1 Å². The van der Waals surface area contributed by atoms with Crippen LogP contribution < -0.4 is 5.32 Å². The summed E-state index contributed by atoms with van der Waals surface area (Å²) >= 11 is 0. The van der Waals surface area contributed by atoms with Gasteiger partial charge in [0.25, 0.3) is 0 Å². The molecule has 0 unspecified atom stereocenters. The number of rotatable bonds is 7. The zero-order valence-corrected chi connectivity index (χ0v) is 12.3. The number of nitrogens with zero attached hydrogens (tertiary/aromatic N) is 1. The molecule has 0 fully saturated rings. The minimum atomic E-state index is -1.04. The number of amides is 2. The van der Waals surface area contributed by atoms with Crippen molar-refractivity contribution >= 4 is 12.0 Å². The number of carbonyl (C=O) groups is 2. The van der Waals surface area contributed by atoms with E-state index < -0.39 is 18.0 Å². The Labute approximate surface area is 123 Å². The zero-order valence-electron chi connectivity index (χ0n) is 12.3. The number of urea groups is 1. The summed E-state index contributed by atoms with van der Waals surface area (Å²) in [6.45, 7) is 2.24. The number of hydrogen-bond acceptors (Lipinski definition) is 2. The molecule has 0 radical (unpaired) electrons. The van der Waals surface area contributed by atoms with Crippen molar-refractivity contribution in [2.24, 2.45) is 0 Å². The summed E-state index contributed by atoms with van der Waals surface area (Å²) in [5, 5.41) is 11.6. The Bertz CT molecular complexity index is 476. The van der Waals surface area contributed by atoms with Gasteiger partial charge in [0.1, 0.15) is 11.9 Å². The average Bonchev–Trinajstić information content (AvgIpc) is 2.45. The molecule has 2 amide bonds. The smallest absolute Gasteiger partial charge is 0.326 e. The second-order valence-electron chi connectivity index (χ2n) is 4.97. The van der Waals surface area contributed by atoms with Crippen LogP contribution in [0.2, 0.25) is 0 Å². The van der Waals surface area contributed by atoms with Gasteiger partial charge in [0.15, 0.2) is 0 Å². The van der Waals surface area contributed by atoms with Gasteiger partial charge in [-0.1, -0.05) is 31.9 Å². The predicted molar refractivity (Wildman–Crippen MR) is 77.3 cm³/mol. The molecule has 116 valence electrons. The van der Waals surface area contributed by atoms with E-state index in [4.69, 9.17) is 5.11 Å². The maximum absolute atomic E-state index is 12.8. The van der Waals surface area contributed by atoms with Gasteiger partial charge in [-0.25, -0.2) is 14.0 Å². The van der Waals surface area contributed by atoms with E-state index in [1.54, 1.807) is 19.2 Å². The molecule has 1 aromatic rings. The second kappa shape index (κ2) is 8.24. The largest absolute Gasteiger partial charge is 0.480 e. The van der Waals surface area contributed by atoms with E-state index in [0.717, 1.165) is 18.4 Å². The van der Waals surface area contributed by atoms with Crippen molar-refractivity contribution in [3.05, 3.63) is 35.6 Å². The van der Waals surface area contributed by atoms with Crippen LogP contribution in [0.5, 0.6) is 0 Å². The Morgan fingerprint density at radius 2 is 1.95 bits per heavy atom. The number of carboxylic acids is 1. The monoisotopic (exact) mass is 296 g/mol. The lowest BCUT2D eigenvalue weighted by Gasteiger charge is -2.21. The summed E-state index contributed by atoms with van der Waals surface area (Å²) in [4.78, 5) is 24.4. The maximum atomic E-state index is 12.8. The molecular weight excluding hydrogens is 275 g/mol. The minimum absolute atomic E-state index is 0.284. The Hall–Kier alpha value is -2.11. The molecule has 21 heavy (non-hydrogen) atoms. The molecule has 2 N–H and O–H groups in total. The number of benzene rings is 1. The van der Waals surface area contributed by atoms with Crippen LogP contribution in [0.3, 0.4) is 0 Å². The van der Waals surface area contributed by atoms with Crippen LogP contribution in [0.4, 0.5) is 9.18 Å². The molecule has 5 nitrogen and oxygen atoms in total. The van der Waals surface area contributed by atoms with Gasteiger partial charge in [0.05, 0.1) is 0 Å². The van der Waals surface area contributed by atoms with Crippen molar-refractivity contribution in [2.45, 2.75) is 38.8 Å². The highest BCUT2D eigenvalue weighted by Gasteiger charge is 2.21. The third kappa shape index (κ3) is 5.81. The molecule has 1 atom stereocenters. The molecule has 0 aliphatic heterocycles. The number of aliphatic carboxylic acids is 1. The predicted octanol–water partition coefficient (Wildman–Crippen LogP) is 2.61. The van der Waals surface area contributed by atoms with Gasteiger partial charge in [-0.2, -0.15) is 0 Å². The van der Waals surface area contributed by atoms with Crippen molar-refractivity contribution in [1.29, 1.82) is 0 Å². The highest BCUT2D eigenvalue weighted by molar-refractivity contribution is 5.82. The number of carboxylic acid groups (broad SMARTS) is 1. The van der Waals surface area contributed by atoms with Gasteiger partial charge in [-0.15, -0.1) is 0 Å². The Morgan fingerprint density at radius 1 is 1.33 bits per heavy atom. The number of halogens is 1. The van der Waals surface area contributed by atoms with E-state index in [9.17, 15) is 14.0 Å². The van der Waals surface area contributed by atoms with E-state index in [-0.39, 0.29) is 12.4 Å². The minimum Gasteiger partial charge on any atom is -0.480 e. The SMILES string of the molecule is CCCC[C@H](NC(=O)N(C)Cc1ccc(F)cc1)C(=O)O. The molecule has 0 bridgehead atoms. The maximum Gasteiger partial charge on any atom is 0.326 e. The quantitative estimate of drug-likeness (QED) is 0.812. The van der Waals surface area contributed by atoms with Crippen LogP contribution in [0, 0.1) is 5.82 Å². The number of carbonyl (C=O) groups excluding carboxylic acids is 1.